The van der Waals surface area contributed by atoms with E-state index in [-0.39, 0.29) is 18.1 Å². The standard InChI is InChI=1S/C27H21ClFN3O/c28-21-10-8-20(9-11-21)27-30-24-14-15-32(25(33)16-18-6-12-22(29)13-7-18)17-23(24)26(31-27)19-4-2-1-3-5-19/h1-13H,14-17H2. The zero-order chi connectivity index (χ0) is 22.8. The molecule has 0 saturated heterocycles. The molecule has 0 radical (unpaired) electrons. The second-order valence-corrected chi connectivity index (χ2v) is 8.50. The van der Waals surface area contributed by atoms with Crippen LogP contribution in [0.15, 0.2) is 78.9 Å². The summed E-state index contributed by atoms with van der Waals surface area (Å²) in [6.45, 7) is 1.03. The Bertz CT molecular complexity index is 1290. The minimum atomic E-state index is -0.306. The van der Waals surface area contributed by atoms with Gasteiger partial charge in [-0.3, -0.25) is 4.79 Å². The van der Waals surface area contributed by atoms with Crippen LogP contribution in [0.3, 0.4) is 0 Å². The molecule has 4 aromatic rings. The minimum absolute atomic E-state index is 0.00745. The molecule has 6 heteroatoms. The molecule has 164 valence electrons. The molecule has 5 rings (SSSR count). The lowest BCUT2D eigenvalue weighted by Gasteiger charge is -2.30. The average Bonchev–Trinajstić information content (AvgIpc) is 2.85. The van der Waals surface area contributed by atoms with E-state index in [0.29, 0.717) is 30.4 Å². The Morgan fingerprint density at radius 2 is 1.64 bits per heavy atom. The lowest BCUT2D eigenvalue weighted by atomic mass is 9.98. The summed E-state index contributed by atoms with van der Waals surface area (Å²) in [4.78, 5) is 24.6. The van der Waals surface area contributed by atoms with Crippen molar-refractivity contribution >= 4 is 17.5 Å². The summed E-state index contributed by atoms with van der Waals surface area (Å²) in [5.74, 6) is 0.350. The molecule has 1 aliphatic heterocycles. The maximum atomic E-state index is 13.2. The molecule has 0 N–H and O–H groups in total. The highest BCUT2D eigenvalue weighted by atomic mass is 35.5. The zero-order valence-electron chi connectivity index (χ0n) is 17.8. The van der Waals surface area contributed by atoms with Gasteiger partial charge in [0.05, 0.1) is 17.8 Å². The number of amides is 1. The smallest absolute Gasteiger partial charge is 0.227 e. The van der Waals surface area contributed by atoms with E-state index in [2.05, 4.69) is 0 Å². The van der Waals surface area contributed by atoms with Gasteiger partial charge in [0.1, 0.15) is 5.82 Å². The van der Waals surface area contributed by atoms with Gasteiger partial charge in [-0.2, -0.15) is 0 Å². The number of carbonyl (C=O) groups excluding carboxylic acids is 1. The fourth-order valence-electron chi connectivity index (χ4n) is 4.08. The summed E-state index contributed by atoms with van der Waals surface area (Å²) in [7, 11) is 0. The molecule has 0 aliphatic carbocycles. The Hall–Kier alpha value is -3.57. The Morgan fingerprint density at radius 1 is 0.909 bits per heavy atom. The van der Waals surface area contributed by atoms with Crippen LogP contribution in [0.25, 0.3) is 22.6 Å². The van der Waals surface area contributed by atoms with E-state index in [9.17, 15) is 9.18 Å². The van der Waals surface area contributed by atoms with Crippen molar-refractivity contribution in [3.05, 3.63) is 107 Å². The summed E-state index contributed by atoms with van der Waals surface area (Å²) in [6, 6.07) is 23.5. The van der Waals surface area contributed by atoms with Crippen LogP contribution in [-0.2, 0) is 24.2 Å². The Kier molecular flexibility index (Phi) is 5.88. The van der Waals surface area contributed by atoms with Crippen molar-refractivity contribution in [3.63, 3.8) is 0 Å². The summed E-state index contributed by atoms with van der Waals surface area (Å²) >= 11 is 6.06. The number of fused-ring (bicyclic) bond motifs is 1. The van der Waals surface area contributed by atoms with Crippen molar-refractivity contribution in [2.45, 2.75) is 19.4 Å². The van der Waals surface area contributed by atoms with E-state index >= 15 is 0 Å². The van der Waals surface area contributed by atoms with E-state index < -0.39 is 0 Å². The van der Waals surface area contributed by atoms with Crippen molar-refractivity contribution in [2.75, 3.05) is 6.54 Å². The molecule has 0 fully saturated rings. The van der Waals surface area contributed by atoms with Crippen molar-refractivity contribution < 1.29 is 9.18 Å². The van der Waals surface area contributed by atoms with E-state index in [0.717, 1.165) is 33.6 Å². The van der Waals surface area contributed by atoms with Gasteiger partial charge in [-0.15, -0.1) is 0 Å². The fraction of sp³-hybridized carbons (Fsp3) is 0.148. The Morgan fingerprint density at radius 3 is 2.36 bits per heavy atom. The highest BCUT2D eigenvalue weighted by Crippen LogP contribution is 2.31. The maximum absolute atomic E-state index is 13.2. The molecule has 2 heterocycles. The second kappa shape index (κ2) is 9.12. The molecular formula is C27H21ClFN3O. The van der Waals surface area contributed by atoms with Crippen molar-refractivity contribution in [3.8, 4) is 22.6 Å². The summed E-state index contributed by atoms with van der Waals surface area (Å²) in [5.41, 5.74) is 5.44. The number of rotatable bonds is 4. The largest absolute Gasteiger partial charge is 0.338 e. The maximum Gasteiger partial charge on any atom is 0.227 e. The highest BCUT2D eigenvalue weighted by Gasteiger charge is 2.26. The third-order valence-corrected chi connectivity index (χ3v) is 6.08. The number of benzene rings is 3. The molecule has 0 saturated carbocycles. The fourth-order valence-corrected chi connectivity index (χ4v) is 4.20. The van der Waals surface area contributed by atoms with Crippen LogP contribution < -0.4 is 0 Å². The molecule has 1 aromatic heterocycles. The Balaban J connectivity index is 1.49. The highest BCUT2D eigenvalue weighted by molar-refractivity contribution is 6.30. The van der Waals surface area contributed by atoms with Crippen LogP contribution >= 0.6 is 11.6 Å². The summed E-state index contributed by atoms with van der Waals surface area (Å²) in [5, 5.41) is 0.662. The van der Waals surface area contributed by atoms with Crippen molar-refractivity contribution in [1.82, 2.24) is 14.9 Å². The summed E-state index contributed by atoms with van der Waals surface area (Å²) < 4.78 is 13.2. The topological polar surface area (TPSA) is 46.1 Å². The average molecular weight is 458 g/mol. The van der Waals surface area contributed by atoms with Crippen LogP contribution in [0.2, 0.25) is 5.02 Å². The number of carbonyl (C=O) groups is 1. The molecule has 0 spiro atoms. The number of aromatic nitrogens is 2. The number of halogens is 2. The van der Waals surface area contributed by atoms with E-state index in [1.165, 1.54) is 12.1 Å². The van der Waals surface area contributed by atoms with Crippen LogP contribution in [-0.4, -0.2) is 27.3 Å². The SMILES string of the molecule is O=C(Cc1ccc(F)cc1)N1CCc2nc(-c3ccc(Cl)cc3)nc(-c3ccccc3)c2C1. The number of hydrogen-bond acceptors (Lipinski definition) is 3. The van der Waals surface area contributed by atoms with Crippen LogP contribution in [0, 0.1) is 5.82 Å². The second-order valence-electron chi connectivity index (χ2n) is 8.06. The first-order valence-electron chi connectivity index (χ1n) is 10.8. The van der Waals surface area contributed by atoms with Gasteiger partial charge in [-0.1, -0.05) is 54.1 Å². The third kappa shape index (κ3) is 4.64. The van der Waals surface area contributed by atoms with Gasteiger partial charge in [0, 0.05) is 41.2 Å². The lowest BCUT2D eigenvalue weighted by molar-refractivity contribution is -0.131. The van der Waals surface area contributed by atoms with Gasteiger partial charge in [-0.25, -0.2) is 14.4 Å². The van der Waals surface area contributed by atoms with Gasteiger partial charge >= 0.3 is 0 Å². The molecule has 3 aromatic carbocycles. The lowest BCUT2D eigenvalue weighted by Crippen LogP contribution is -2.37. The van der Waals surface area contributed by atoms with Crippen LogP contribution in [0.5, 0.6) is 0 Å². The predicted octanol–water partition coefficient (Wildman–Crippen LogP) is 5.73. The van der Waals surface area contributed by atoms with Gasteiger partial charge in [0.2, 0.25) is 5.91 Å². The first-order valence-corrected chi connectivity index (χ1v) is 11.2. The molecule has 0 bridgehead atoms. The molecule has 4 nitrogen and oxygen atoms in total. The number of hydrogen-bond donors (Lipinski definition) is 0. The molecule has 1 amide bonds. The van der Waals surface area contributed by atoms with E-state index in [4.69, 9.17) is 21.6 Å². The third-order valence-electron chi connectivity index (χ3n) is 5.83. The first-order chi connectivity index (χ1) is 16.1. The monoisotopic (exact) mass is 457 g/mol. The van der Waals surface area contributed by atoms with E-state index in [1.54, 1.807) is 12.1 Å². The normalized spacial score (nSPS) is 13.0. The molecule has 0 atom stereocenters. The number of nitrogens with zero attached hydrogens (tertiary/aromatic N) is 3. The zero-order valence-corrected chi connectivity index (χ0v) is 18.6. The van der Waals surface area contributed by atoms with Crippen LogP contribution in [0.1, 0.15) is 16.8 Å². The predicted molar refractivity (Wildman–Crippen MR) is 127 cm³/mol. The van der Waals surface area contributed by atoms with Crippen molar-refractivity contribution in [2.24, 2.45) is 0 Å². The van der Waals surface area contributed by atoms with Gasteiger partial charge in [0.25, 0.3) is 0 Å². The molecule has 0 unspecified atom stereocenters. The molecular weight excluding hydrogens is 437 g/mol. The minimum Gasteiger partial charge on any atom is -0.338 e. The van der Waals surface area contributed by atoms with Crippen LogP contribution in [0.4, 0.5) is 4.39 Å². The first kappa shape index (κ1) is 21.3. The van der Waals surface area contributed by atoms with Gasteiger partial charge in [0.15, 0.2) is 5.82 Å². The molecule has 33 heavy (non-hydrogen) atoms. The summed E-state index contributed by atoms with van der Waals surface area (Å²) in [6.07, 6.45) is 0.882. The van der Waals surface area contributed by atoms with Gasteiger partial charge in [-0.05, 0) is 42.0 Å². The van der Waals surface area contributed by atoms with E-state index in [1.807, 2.05) is 59.5 Å². The quantitative estimate of drug-likeness (QED) is 0.393. The van der Waals surface area contributed by atoms with Crippen molar-refractivity contribution in [1.29, 1.82) is 0 Å². The van der Waals surface area contributed by atoms with Gasteiger partial charge < -0.3 is 4.90 Å². The molecule has 1 aliphatic rings. The Labute approximate surface area is 196 Å².